The third-order valence-corrected chi connectivity index (χ3v) is 6.88. The second-order valence-electron chi connectivity index (χ2n) is 8.08. The lowest BCUT2D eigenvalue weighted by Gasteiger charge is -2.28. The first-order valence-corrected chi connectivity index (χ1v) is 12.3. The van der Waals surface area contributed by atoms with Crippen molar-refractivity contribution in [2.24, 2.45) is 0 Å². The Morgan fingerprint density at radius 2 is 2.03 bits per heavy atom. The van der Waals surface area contributed by atoms with Crippen LogP contribution in [0.5, 0.6) is 0 Å². The molecular formula is C22H29BrClN5O2S. The number of ether oxygens (including phenoxy) is 1. The molecule has 1 aliphatic rings. The van der Waals surface area contributed by atoms with E-state index in [0.29, 0.717) is 12.2 Å². The average molecular weight is 543 g/mol. The third-order valence-electron chi connectivity index (χ3n) is 5.34. The fraction of sp³-hybridized carbons (Fsp3) is 0.500. The molecule has 2 aromatic heterocycles. The first kappa shape index (κ1) is 25.1. The molecular weight excluding hydrogens is 514 g/mol. The summed E-state index contributed by atoms with van der Waals surface area (Å²) < 4.78 is 9.33. The Labute approximate surface area is 207 Å². The lowest BCUT2D eigenvalue weighted by atomic mass is 10.2. The molecule has 0 unspecified atom stereocenters. The lowest BCUT2D eigenvalue weighted by molar-refractivity contribution is 0.0376. The van der Waals surface area contributed by atoms with Crippen LogP contribution in [0.1, 0.15) is 42.5 Å². The quantitative estimate of drug-likeness (QED) is 0.423. The van der Waals surface area contributed by atoms with Crippen molar-refractivity contribution in [3.63, 3.8) is 0 Å². The van der Waals surface area contributed by atoms with Crippen LogP contribution in [0.25, 0.3) is 10.2 Å². The van der Waals surface area contributed by atoms with Crippen LogP contribution in [0, 0.1) is 6.92 Å². The van der Waals surface area contributed by atoms with Gasteiger partial charge in [-0.2, -0.15) is 5.10 Å². The molecule has 1 amide bonds. The topological polar surface area (TPSA) is 63.5 Å². The maximum Gasteiger partial charge on any atom is 0.278 e. The van der Waals surface area contributed by atoms with Gasteiger partial charge in [-0.3, -0.25) is 19.3 Å². The van der Waals surface area contributed by atoms with Gasteiger partial charge in [-0.05, 0) is 51.5 Å². The average Bonchev–Trinajstić information content (AvgIpc) is 3.34. The summed E-state index contributed by atoms with van der Waals surface area (Å²) in [4.78, 5) is 22.7. The van der Waals surface area contributed by atoms with Crippen LogP contribution in [0.4, 0.5) is 5.13 Å². The molecule has 1 aliphatic heterocycles. The van der Waals surface area contributed by atoms with Gasteiger partial charge in [0.2, 0.25) is 0 Å². The fourth-order valence-electron chi connectivity index (χ4n) is 3.77. The Hall–Kier alpha value is -1.52. The van der Waals surface area contributed by atoms with E-state index >= 15 is 0 Å². The standard InChI is InChI=1S/C22H28BrN5O2S.ClH/c1-15(2)28-19(13-16(3)25-28)21(29)27(8-4-7-26-9-11-30-12-10-26)22-24-18-6-5-17(23)14-20(18)31-22;/h5-6,13-15H,4,7-12H2,1-3H3;1H. The van der Waals surface area contributed by atoms with Crippen molar-refractivity contribution < 1.29 is 9.53 Å². The second kappa shape index (κ2) is 11.1. The molecule has 0 aliphatic carbocycles. The first-order valence-electron chi connectivity index (χ1n) is 10.7. The molecule has 1 fully saturated rings. The second-order valence-corrected chi connectivity index (χ2v) is 10.0. The summed E-state index contributed by atoms with van der Waals surface area (Å²) in [6.07, 6.45) is 0.875. The SMILES string of the molecule is Cc1cc(C(=O)N(CCCN2CCOCC2)c2nc3ccc(Br)cc3s2)n(C(C)C)n1.Cl. The highest BCUT2D eigenvalue weighted by Crippen LogP contribution is 2.32. The summed E-state index contributed by atoms with van der Waals surface area (Å²) in [7, 11) is 0. The molecule has 7 nitrogen and oxygen atoms in total. The van der Waals surface area contributed by atoms with Crippen molar-refractivity contribution in [3.05, 3.63) is 40.1 Å². The largest absolute Gasteiger partial charge is 0.379 e. The number of amides is 1. The molecule has 3 aromatic rings. The van der Waals surface area contributed by atoms with Crippen molar-refractivity contribution in [2.45, 2.75) is 33.2 Å². The number of carbonyl (C=O) groups excluding carboxylic acids is 1. The number of benzene rings is 1. The normalized spacial score (nSPS) is 14.7. The summed E-state index contributed by atoms with van der Waals surface area (Å²) in [5.74, 6) is -0.0469. The molecule has 1 saturated heterocycles. The monoisotopic (exact) mass is 541 g/mol. The minimum Gasteiger partial charge on any atom is -0.379 e. The van der Waals surface area contributed by atoms with E-state index in [4.69, 9.17) is 9.72 Å². The molecule has 0 spiro atoms. The molecule has 0 N–H and O–H groups in total. The molecule has 10 heteroatoms. The smallest absolute Gasteiger partial charge is 0.278 e. The van der Waals surface area contributed by atoms with E-state index in [0.717, 1.165) is 64.8 Å². The molecule has 1 aromatic carbocycles. The molecule has 3 heterocycles. The number of nitrogens with zero attached hydrogens (tertiary/aromatic N) is 5. The van der Waals surface area contributed by atoms with Crippen LogP contribution >= 0.6 is 39.7 Å². The number of aryl methyl sites for hydroxylation is 1. The van der Waals surface area contributed by atoms with Gasteiger partial charge >= 0.3 is 0 Å². The number of fused-ring (bicyclic) bond motifs is 1. The molecule has 32 heavy (non-hydrogen) atoms. The molecule has 174 valence electrons. The van der Waals surface area contributed by atoms with Crippen LogP contribution in [0.15, 0.2) is 28.7 Å². The number of hydrogen-bond acceptors (Lipinski definition) is 6. The number of aromatic nitrogens is 3. The summed E-state index contributed by atoms with van der Waals surface area (Å²) in [5, 5.41) is 5.27. The van der Waals surface area contributed by atoms with Crippen LogP contribution in [0.3, 0.4) is 0 Å². The molecule has 0 atom stereocenters. The number of rotatable bonds is 7. The molecule has 4 rings (SSSR count). The van der Waals surface area contributed by atoms with E-state index in [-0.39, 0.29) is 24.4 Å². The van der Waals surface area contributed by atoms with E-state index in [1.54, 1.807) is 11.3 Å². The minimum atomic E-state index is -0.0469. The fourth-order valence-corrected chi connectivity index (χ4v) is 5.31. The van der Waals surface area contributed by atoms with Crippen LogP contribution < -0.4 is 4.90 Å². The molecule has 0 bridgehead atoms. The Kier molecular flexibility index (Phi) is 8.68. The van der Waals surface area contributed by atoms with Gasteiger partial charge in [-0.1, -0.05) is 27.3 Å². The van der Waals surface area contributed by atoms with Crippen molar-refractivity contribution in [1.29, 1.82) is 0 Å². The summed E-state index contributed by atoms with van der Waals surface area (Å²) >= 11 is 5.08. The maximum atomic E-state index is 13.7. The van der Waals surface area contributed by atoms with E-state index in [1.807, 2.05) is 48.6 Å². The first-order chi connectivity index (χ1) is 14.9. The summed E-state index contributed by atoms with van der Waals surface area (Å²) in [6.45, 7) is 11.0. The zero-order valence-corrected chi connectivity index (χ0v) is 21.8. The maximum absolute atomic E-state index is 13.7. The number of carbonyl (C=O) groups is 1. The van der Waals surface area contributed by atoms with Gasteiger partial charge in [-0.25, -0.2) is 4.98 Å². The van der Waals surface area contributed by atoms with Crippen molar-refractivity contribution in [2.75, 3.05) is 44.3 Å². The van der Waals surface area contributed by atoms with Crippen LogP contribution in [-0.4, -0.2) is 65.0 Å². The van der Waals surface area contributed by atoms with Gasteiger partial charge in [0, 0.05) is 36.7 Å². The van der Waals surface area contributed by atoms with Crippen molar-refractivity contribution in [1.82, 2.24) is 19.7 Å². The summed E-state index contributed by atoms with van der Waals surface area (Å²) in [5.41, 5.74) is 2.36. The number of morpholine rings is 1. The van der Waals surface area contributed by atoms with Gasteiger partial charge in [0.05, 0.1) is 29.1 Å². The highest BCUT2D eigenvalue weighted by Gasteiger charge is 2.26. The van der Waals surface area contributed by atoms with E-state index in [9.17, 15) is 4.79 Å². The van der Waals surface area contributed by atoms with Gasteiger partial charge in [0.25, 0.3) is 5.91 Å². The lowest BCUT2D eigenvalue weighted by Crippen LogP contribution is -2.39. The van der Waals surface area contributed by atoms with Gasteiger partial charge in [0.15, 0.2) is 5.13 Å². The highest BCUT2D eigenvalue weighted by molar-refractivity contribution is 9.10. The predicted octanol–water partition coefficient (Wildman–Crippen LogP) is 4.94. The summed E-state index contributed by atoms with van der Waals surface area (Å²) in [6, 6.07) is 8.00. The molecule has 0 radical (unpaired) electrons. The molecule has 0 saturated carbocycles. The van der Waals surface area contributed by atoms with E-state index < -0.39 is 0 Å². The van der Waals surface area contributed by atoms with Crippen LogP contribution in [-0.2, 0) is 4.74 Å². The number of hydrogen-bond donors (Lipinski definition) is 0. The predicted molar refractivity (Wildman–Crippen MR) is 135 cm³/mol. The third kappa shape index (κ3) is 5.69. The van der Waals surface area contributed by atoms with Crippen molar-refractivity contribution >= 4 is 60.9 Å². The zero-order chi connectivity index (χ0) is 22.0. The highest BCUT2D eigenvalue weighted by atomic mass is 79.9. The number of anilines is 1. The zero-order valence-electron chi connectivity index (χ0n) is 18.6. The Morgan fingerprint density at radius 1 is 1.28 bits per heavy atom. The van der Waals surface area contributed by atoms with Crippen LogP contribution in [0.2, 0.25) is 0 Å². The number of thiazole rings is 1. The van der Waals surface area contributed by atoms with Gasteiger partial charge in [-0.15, -0.1) is 12.4 Å². The van der Waals surface area contributed by atoms with E-state index in [2.05, 4.69) is 32.0 Å². The Morgan fingerprint density at radius 3 is 2.75 bits per heavy atom. The Balaban J connectivity index is 0.00000289. The van der Waals surface area contributed by atoms with Crippen molar-refractivity contribution in [3.8, 4) is 0 Å². The van der Waals surface area contributed by atoms with E-state index in [1.165, 1.54) is 0 Å². The van der Waals surface area contributed by atoms with Gasteiger partial charge in [0.1, 0.15) is 5.69 Å². The Bertz CT molecular complexity index is 1060. The number of halogens is 2. The minimum absolute atomic E-state index is 0. The van der Waals surface area contributed by atoms with Gasteiger partial charge < -0.3 is 4.74 Å².